The Morgan fingerprint density at radius 3 is 2.49 bits per heavy atom. The summed E-state index contributed by atoms with van der Waals surface area (Å²) < 4.78 is 0. The van der Waals surface area contributed by atoms with Crippen LogP contribution in [0.5, 0.6) is 0 Å². The molecule has 0 spiro atoms. The van der Waals surface area contributed by atoms with Crippen molar-refractivity contribution in [2.45, 2.75) is 76.9 Å². The van der Waals surface area contributed by atoms with Gasteiger partial charge in [-0.05, 0) is 44.2 Å². The van der Waals surface area contributed by atoms with E-state index in [2.05, 4.69) is 37.1 Å². The zero-order valence-electron chi connectivity index (χ0n) is 20.5. The number of pyridine rings is 1. The van der Waals surface area contributed by atoms with E-state index in [1.165, 1.54) is 19.3 Å². The molecule has 5 rings (SSSR count). The predicted octanol–water partition coefficient (Wildman–Crippen LogP) is 3.60. The quantitative estimate of drug-likeness (QED) is 0.439. The molecule has 188 valence electrons. The van der Waals surface area contributed by atoms with Crippen LogP contribution in [0.3, 0.4) is 0 Å². The highest BCUT2D eigenvalue weighted by Gasteiger charge is 2.24. The van der Waals surface area contributed by atoms with Crippen molar-refractivity contribution in [2.75, 3.05) is 23.7 Å². The van der Waals surface area contributed by atoms with Crippen molar-refractivity contribution < 1.29 is 9.90 Å². The van der Waals surface area contributed by atoms with Gasteiger partial charge in [-0.25, -0.2) is 15.0 Å². The van der Waals surface area contributed by atoms with Gasteiger partial charge in [-0.3, -0.25) is 4.79 Å². The number of hydrogen-bond acceptors (Lipinski definition) is 7. The molecule has 5 N–H and O–H groups in total. The van der Waals surface area contributed by atoms with Crippen LogP contribution < -0.4 is 16.0 Å². The molecule has 3 aromatic heterocycles. The van der Waals surface area contributed by atoms with Crippen LogP contribution in [0.1, 0.15) is 74.3 Å². The van der Waals surface area contributed by atoms with Crippen molar-refractivity contribution in [1.29, 1.82) is 0 Å². The fourth-order valence-corrected chi connectivity index (χ4v) is 4.76. The third-order valence-electron chi connectivity index (χ3n) is 6.76. The lowest BCUT2D eigenvalue weighted by atomic mass is 9.98. The second-order valence-electron chi connectivity index (χ2n) is 9.47. The van der Waals surface area contributed by atoms with E-state index in [0.717, 1.165) is 74.3 Å². The number of carbonyl (C=O) groups is 1. The number of rotatable bonds is 5. The van der Waals surface area contributed by atoms with Crippen LogP contribution in [-0.2, 0) is 6.42 Å². The zero-order chi connectivity index (χ0) is 24.6. The fraction of sp³-hybridized carbons (Fsp3) is 0.538. The van der Waals surface area contributed by atoms with Gasteiger partial charge in [0.2, 0.25) is 5.95 Å². The molecule has 9 nitrogen and oxygen atoms in total. The minimum absolute atomic E-state index is 0.0359. The normalized spacial score (nSPS) is 17.1. The highest BCUT2D eigenvalue weighted by molar-refractivity contribution is 6.06. The Morgan fingerprint density at radius 2 is 1.86 bits per heavy atom. The molecule has 1 saturated heterocycles. The van der Waals surface area contributed by atoms with Crippen LogP contribution in [0.15, 0.2) is 30.7 Å². The molecule has 0 atom stereocenters. The number of anilines is 2. The summed E-state index contributed by atoms with van der Waals surface area (Å²) in [4.78, 5) is 31.2. The number of nitrogen functional groups attached to an aromatic ring is 1. The van der Waals surface area contributed by atoms with Crippen molar-refractivity contribution in [2.24, 2.45) is 0 Å². The highest BCUT2D eigenvalue weighted by atomic mass is 16.3. The van der Waals surface area contributed by atoms with E-state index in [4.69, 9.17) is 10.8 Å². The number of nitrogens with zero attached hydrogens (tertiary/aromatic N) is 4. The minimum atomic E-state index is -0.167. The third-order valence-corrected chi connectivity index (χ3v) is 6.76. The summed E-state index contributed by atoms with van der Waals surface area (Å²) in [6.45, 7) is 3.73. The average molecular weight is 480 g/mol. The Hall–Kier alpha value is -3.20. The lowest BCUT2D eigenvalue weighted by Crippen LogP contribution is -2.45. The van der Waals surface area contributed by atoms with E-state index in [-0.39, 0.29) is 18.1 Å². The first-order valence-electron chi connectivity index (χ1n) is 12.8. The lowest BCUT2D eigenvalue weighted by Gasteiger charge is -2.32. The monoisotopic (exact) mass is 479 g/mol. The van der Waals surface area contributed by atoms with Gasteiger partial charge < -0.3 is 26.0 Å². The Labute approximate surface area is 206 Å². The molecule has 9 heteroatoms. The molecule has 0 radical (unpaired) electrons. The number of H-pyrrole nitrogens is 1. The average Bonchev–Trinajstić information content (AvgIpc) is 3.30. The maximum atomic E-state index is 12.8. The van der Waals surface area contributed by atoms with Crippen LogP contribution in [0, 0.1) is 0 Å². The van der Waals surface area contributed by atoms with Gasteiger partial charge in [-0.2, -0.15) is 0 Å². The molecule has 0 aromatic carbocycles. The number of aromatic nitrogens is 4. The number of nitrogens with two attached hydrogens (primary N) is 1. The maximum absolute atomic E-state index is 12.8. The molecule has 2 aliphatic rings. The first kappa shape index (κ1) is 24.9. The number of fused-ring (bicyclic) bond motifs is 1. The van der Waals surface area contributed by atoms with E-state index in [1.807, 2.05) is 6.07 Å². The standard InChI is InChI=1S/C20H25N7O.C6H12O/c1-2-4-14-11-15-17(21)16(12-24-18(15)25-14)19(28)26-13-5-9-27(10-6-13)20-22-7-3-8-23-20;7-6-4-2-1-3-5-6/h3,7-8,11-13H,2,4-6,9-10H2,1H3,(H,26,28)(H3,21,24,25);6-7H,1-5H2. The SMILES string of the molecule is CCCc1cc2c(N)c(C(=O)NC3CCN(c4ncccn4)CC3)cnc2[nH]1.OC1CCCCC1. The predicted molar refractivity (Wildman–Crippen MR) is 138 cm³/mol. The number of aliphatic hydroxyl groups is 1. The molecule has 35 heavy (non-hydrogen) atoms. The van der Waals surface area contributed by atoms with Crippen molar-refractivity contribution in [3.63, 3.8) is 0 Å². The lowest BCUT2D eigenvalue weighted by molar-refractivity contribution is 0.0931. The van der Waals surface area contributed by atoms with Crippen LogP contribution in [0.2, 0.25) is 0 Å². The second kappa shape index (κ2) is 12.0. The van der Waals surface area contributed by atoms with E-state index < -0.39 is 0 Å². The first-order chi connectivity index (χ1) is 17.0. The Balaban J connectivity index is 0.000000356. The molecule has 1 amide bonds. The number of nitrogens with one attached hydrogen (secondary N) is 2. The molecular formula is C26H37N7O2. The second-order valence-corrected chi connectivity index (χ2v) is 9.47. The van der Waals surface area contributed by atoms with E-state index in [1.54, 1.807) is 24.7 Å². The Kier molecular flexibility index (Phi) is 8.52. The van der Waals surface area contributed by atoms with Crippen LogP contribution >= 0.6 is 0 Å². The highest BCUT2D eigenvalue weighted by Crippen LogP contribution is 2.25. The zero-order valence-corrected chi connectivity index (χ0v) is 20.5. The van der Waals surface area contributed by atoms with Gasteiger partial charge >= 0.3 is 0 Å². The van der Waals surface area contributed by atoms with Crippen molar-refractivity contribution in [3.05, 3.63) is 42.0 Å². The summed E-state index contributed by atoms with van der Waals surface area (Å²) in [5, 5.41) is 12.8. The van der Waals surface area contributed by atoms with E-state index in [9.17, 15) is 4.79 Å². The molecule has 3 aromatic rings. The minimum Gasteiger partial charge on any atom is -0.397 e. The van der Waals surface area contributed by atoms with Crippen LogP contribution in [-0.4, -0.2) is 56.2 Å². The summed E-state index contributed by atoms with van der Waals surface area (Å²) in [5.41, 5.74) is 9.02. The third kappa shape index (κ3) is 6.48. The Morgan fingerprint density at radius 1 is 1.14 bits per heavy atom. The molecule has 4 heterocycles. The number of piperidine rings is 1. The maximum Gasteiger partial charge on any atom is 0.255 e. The number of amides is 1. The van der Waals surface area contributed by atoms with Gasteiger partial charge in [0.25, 0.3) is 5.91 Å². The van der Waals surface area contributed by atoms with Crippen LogP contribution in [0.25, 0.3) is 11.0 Å². The van der Waals surface area contributed by atoms with Gasteiger partial charge in [-0.15, -0.1) is 0 Å². The first-order valence-corrected chi connectivity index (χ1v) is 12.8. The van der Waals surface area contributed by atoms with E-state index in [0.29, 0.717) is 11.3 Å². The number of aromatic amines is 1. The summed E-state index contributed by atoms with van der Waals surface area (Å²) in [6, 6.07) is 3.90. The molecule has 0 bridgehead atoms. The van der Waals surface area contributed by atoms with Crippen molar-refractivity contribution in [3.8, 4) is 0 Å². The van der Waals surface area contributed by atoms with Gasteiger partial charge in [-0.1, -0.05) is 32.6 Å². The molecular weight excluding hydrogens is 442 g/mol. The topological polar surface area (TPSA) is 133 Å². The van der Waals surface area contributed by atoms with Gasteiger partial charge in [0, 0.05) is 48.8 Å². The van der Waals surface area contributed by atoms with Gasteiger partial charge in [0.1, 0.15) is 5.65 Å². The van der Waals surface area contributed by atoms with E-state index >= 15 is 0 Å². The number of carbonyl (C=O) groups excluding carboxylic acids is 1. The van der Waals surface area contributed by atoms with Crippen LogP contribution in [0.4, 0.5) is 11.6 Å². The smallest absolute Gasteiger partial charge is 0.255 e. The summed E-state index contributed by atoms with van der Waals surface area (Å²) in [5.74, 6) is 0.570. The summed E-state index contributed by atoms with van der Waals surface area (Å²) >= 11 is 0. The largest absolute Gasteiger partial charge is 0.397 e. The number of aliphatic hydroxyl groups excluding tert-OH is 1. The van der Waals surface area contributed by atoms with Gasteiger partial charge in [0.05, 0.1) is 17.4 Å². The molecule has 1 saturated carbocycles. The summed E-state index contributed by atoms with van der Waals surface area (Å²) in [6.07, 6.45) is 14.6. The van der Waals surface area contributed by atoms with Crippen molar-refractivity contribution in [1.82, 2.24) is 25.3 Å². The molecule has 0 unspecified atom stereocenters. The number of aryl methyl sites for hydroxylation is 1. The Bertz CT molecular complexity index is 1090. The summed E-state index contributed by atoms with van der Waals surface area (Å²) in [7, 11) is 0. The van der Waals surface area contributed by atoms with Gasteiger partial charge in [0.15, 0.2) is 0 Å². The molecule has 1 aliphatic carbocycles. The number of hydrogen-bond donors (Lipinski definition) is 4. The van der Waals surface area contributed by atoms with Crippen molar-refractivity contribution >= 4 is 28.6 Å². The molecule has 1 aliphatic heterocycles. The molecule has 2 fully saturated rings. The fourth-order valence-electron chi connectivity index (χ4n) is 4.76.